The standard InChI is InChI=1S/C52H101N2O6P/c1-3-5-7-9-11-13-15-17-19-21-23-25-26-28-30-32-34-36-38-40-42-44-46-52(56)54-50(49-60-61(57,58)59-48-47-53)51(55)45-43-41-39-37-35-33-31-29-27-24-22-20-18-16-14-12-10-8-6-4-2/h27,29,35,37,43,45,50-51,55H,3-26,28,30-34,36,38-42,44,46-49,53H2,1-2H3,(H,54,56)(H,57,58)/b29-27+,37-35+,45-43+. The topological polar surface area (TPSA) is 131 Å². The molecule has 0 rings (SSSR count). The van der Waals surface area contributed by atoms with Crippen LogP contribution in [0.3, 0.4) is 0 Å². The molecule has 9 heteroatoms. The van der Waals surface area contributed by atoms with Gasteiger partial charge >= 0.3 is 7.82 Å². The van der Waals surface area contributed by atoms with E-state index in [9.17, 15) is 19.4 Å². The summed E-state index contributed by atoms with van der Waals surface area (Å²) in [6.45, 7) is 4.14. The van der Waals surface area contributed by atoms with Gasteiger partial charge in [-0.3, -0.25) is 13.8 Å². The Morgan fingerprint density at radius 2 is 0.869 bits per heavy atom. The van der Waals surface area contributed by atoms with Crippen molar-refractivity contribution in [3.63, 3.8) is 0 Å². The van der Waals surface area contributed by atoms with Crippen LogP contribution in [-0.4, -0.2) is 47.8 Å². The number of hydrogen-bond donors (Lipinski definition) is 4. The zero-order valence-electron chi connectivity index (χ0n) is 40.2. The molecule has 0 radical (unpaired) electrons. The summed E-state index contributed by atoms with van der Waals surface area (Å²) >= 11 is 0. The molecule has 0 spiro atoms. The van der Waals surface area contributed by atoms with E-state index in [1.54, 1.807) is 6.08 Å². The molecular weight excluding hydrogens is 780 g/mol. The highest BCUT2D eigenvalue weighted by atomic mass is 31.2. The Morgan fingerprint density at radius 1 is 0.525 bits per heavy atom. The Balaban J connectivity index is 4.12. The minimum atomic E-state index is -4.35. The average molecular weight is 881 g/mol. The predicted molar refractivity (Wildman–Crippen MR) is 263 cm³/mol. The first-order chi connectivity index (χ1) is 29.9. The Morgan fingerprint density at radius 3 is 1.26 bits per heavy atom. The lowest BCUT2D eigenvalue weighted by atomic mass is 10.0. The molecular formula is C52H101N2O6P. The van der Waals surface area contributed by atoms with E-state index in [-0.39, 0.29) is 25.7 Å². The molecule has 0 fully saturated rings. The van der Waals surface area contributed by atoms with Crippen LogP contribution >= 0.6 is 7.82 Å². The second-order valence-electron chi connectivity index (χ2n) is 17.7. The van der Waals surface area contributed by atoms with Gasteiger partial charge in [0.2, 0.25) is 5.91 Å². The number of aliphatic hydroxyl groups excluding tert-OH is 1. The monoisotopic (exact) mass is 881 g/mol. The second-order valence-corrected chi connectivity index (χ2v) is 19.2. The van der Waals surface area contributed by atoms with Crippen LogP contribution in [0.2, 0.25) is 0 Å². The number of amides is 1. The maximum atomic E-state index is 12.8. The van der Waals surface area contributed by atoms with Gasteiger partial charge in [-0.2, -0.15) is 0 Å². The number of phosphoric acid groups is 1. The summed E-state index contributed by atoms with van der Waals surface area (Å²) in [5, 5.41) is 13.7. The zero-order chi connectivity index (χ0) is 44.6. The van der Waals surface area contributed by atoms with Gasteiger partial charge in [0.1, 0.15) is 0 Å². The van der Waals surface area contributed by atoms with E-state index in [4.69, 9.17) is 14.8 Å². The molecule has 1 amide bonds. The maximum absolute atomic E-state index is 12.8. The minimum absolute atomic E-state index is 0.0730. The van der Waals surface area contributed by atoms with Crippen LogP contribution in [0, 0.1) is 0 Å². The highest BCUT2D eigenvalue weighted by molar-refractivity contribution is 7.47. The Hall–Kier alpha value is -1.28. The van der Waals surface area contributed by atoms with E-state index in [0.717, 1.165) is 44.9 Å². The van der Waals surface area contributed by atoms with Crippen LogP contribution in [0.15, 0.2) is 36.5 Å². The summed E-state index contributed by atoms with van der Waals surface area (Å²) in [5.74, 6) is -0.203. The first-order valence-electron chi connectivity index (χ1n) is 26.1. The summed E-state index contributed by atoms with van der Waals surface area (Å²) in [5.41, 5.74) is 5.39. The van der Waals surface area contributed by atoms with Crippen molar-refractivity contribution >= 4 is 13.7 Å². The maximum Gasteiger partial charge on any atom is 0.472 e. The second kappa shape index (κ2) is 48.2. The fourth-order valence-electron chi connectivity index (χ4n) is 7.75. The number of unbranched alkanes of at least 4 members (excludes halogenated alkanes) is 33. The number of carbonyl (C=O) groups is 1. The van der Waals surface area contributed by atoms with Crippen molar-refractivity contribution in [2.75, 3.05) is 19.8 Å². The Kier molecular flexibility index (Phi) is 47.2. The lowest BCUT2D eigenvalue weighted by Gasteiger charge is -2.23. The van der Waals surface area contributed by atoms with E-state index in [0.29, 0.717) is 6.42 Å². The van der Waals surface area contributed by atoms with Gasteiger partial charge in [-0.15, -0.1) is 0 Å². The molecule has 0 aliphatic heterocycles. The fraction of sp³-hybridized carbons (Fsp3) is 0.865. The molecule has 5 N–H and O–H groups in total. The third kappa shape index (κ3) is 46.5. The van der Waals surface area contributed by atoms with Crippen LogP contribution in [0.1, 0.15) is 258 Å². The molecule has 0 saturated heterocycles. The molecule has 0 aliphatic carbocycles. The number of hydrogen-bond acceptors (Lipinski definition) is 6. The van der Waals surface area contributed by atoms with Crippen molar-refractivity contribution in [2.45, 2.75) is 270 Å². The quantitative estimate of drug-likeness (QED) is 0.0272. The summed E-state index contributed by atoms with van der Waals surface area (Å²) in [6.07, 6.45) is 59.3. The van der Waals surface area contributed by atoms with Crippen molar-refractivity contribution in [3.8, 4) is 0 Å². The lowest BCUT2D eigenvalue weighted by Crippen LogP contribution is -2.45. The summed E-state index contributed by atoms with van der Waals surface area (Å²) in [4.78, 5) is 22.8. The highest BCUT2D eigenvalue weighted by Crippen LogP contribution is 2.43. The van der Waals surface area contributed by atoms with Gasteiger partial charge in [0, 0.05) is 13.0 Å². The molecule has 0 aliphatic rings. The minimum Gasteiger partial charge on any atom is -0.387 e. The first-order valence-corrected chi connectivity index (χ1v) is 27.6. The third-order valence-electron chi connectivity index (χ3n) is 11.7. The van der Waals surface area contributed by atoms with Crippen LogP contribution in [0.25, 0.3) is 0 Å². The van der Waals surface area contributed by atoms with Gasteiger partial charge in [0.05, 0.1) is 25.4 Å². The predicted octanol–water partition coefficient (Wildman–Crippen LogP) is 15.5. The number of aliphatic hydroxyl groups is 1. The molecule has 0 saturated carbocycles. The van der Waals surface area contributed by atoms with Crippen LogP contribution in [0.5, 0.6) is 0 Å². The number of carbonyl (C=O) groups excluding carboxylic acids is 1. The molecule has 0 aromatic rings. The summed E-state index contributed by atoms with van der Waals surface area (Å²) in [7, 11) is -4.35. The number of rotatable bonds is 49. The average Bonchev–Trinajstić information content (AvgIpc) is 3.25. The van der Waals surface area contributed by atoms with Gasteiger partial charge in [-0.1, -0.05) is 243 Å². The summed E-state index contributed by atoms with van der Waals surface area (Å²) in [6, 6.07) is -0.881. The van der Waals surface area contributed by atoms with Gasteiger partial charge in [0.25, 0.3) is 0 Å². The van der Waals surface area contributed by atoms with Gasteiger partial charge in [-0.05, 0) is 44.9 Å². The van der Waals surface area contributed by atoms with Gasteiger partial charge in [-0.25, -0.2) is 4.57 Å². The molecule has 8 nitrogen and oxygen atoms in total. The smallest absolute Gasteiger partial charge is 0.387 e. The SMILES string of the molecule is CCCCCCCCCCCC/C=C/CC/C=C/CC/C=C/C(O)C(COP(=O)(O)OCCN)NC(=O)CCCCCCCCCCCCCCCCCCCCCCCC. The molecule has 0 heterocycles. The number of nitrogens with two attached hydrogens (primary N) is 1. The van der Waals surface area contributed by atoms with Crippen molar-refractivity contribution in [1.82, 2.24) is 5.32 Å². The molecule has 3 atom stereocenters. The molecule has 0 bridgehead atoms. The number of phosphoric ester groups is 1. The van der Waals surface area contributed by atoms with E-state index < -0.39 is 20.0 Å². The molecule has 61 heavy (non-hydrogen) atoms. The molecule has 0 aromatic heterocycles. The molecule has 360 valence electrons. The Labute approximate surface area is 378 Å². The third-order valence-corrected chi connectivity index (χ3v) is 12.7. The molecule has 0 aromatic carbocycles. The normalized spacial score (nSPS) is 14.1. The lowest BCUT2D eigenvalue weighted by molar-refractivity contribution is -0.123. The van der Waals surface area contributed by atoms with E-state index in [2.05, 4.69) is 43.5 Å². The first kappa shape index (κ1) is 59.7. The number of nitrogens with one attached hydrogen (secondary N) is 1. The van der Waals surface area contributed by atoms with E-state index in [1.807, 2.05) is 6.08 Å². The molecule has 3 unspecified atom stereocenters. The van der Waals surface area contributed by atoms with E-state index >= 15 is 0 Å². The van der Waals surface area contributed by atoms with E-state index in [1.165, 1.54) is 193 Å². The highest BCUT2D eigenvalue weighted by Gasteiger charge is 2.26. The largest absolute Gasteiger partial charge is 0.472 e. The number of allylic oxidation sites excluding steroid dienone is 5. The van der Waals surface area contributed by atoms with Crippen molar-refractivity contribution < 1.29 is 28.4 Å². The Bertz CT molecular complexity index is 1050. The van der Waals surface area contributed by atoms with Crippen molar-refractivity contribution in [2.24, 2.45) is 5.73 Å². The van der Waals surface area contributed by atoms with Crippen LogP contribution < -0.4 is 11.1 Å². The van der Waals surface area contributed by atoms with Crippen molar-refractivity contribution in [1.29, 1.82) is 0 Å². The van der Waals surface area contributed by atoms with Crippen LogP contribution in [0.4, 0.5) is 0 Å². The fourth-order valence-corrected chi connectivity index (χ4v) is 8.51. The van der Waals surface area contributed by atoms with Gasteiger partial charge in [0.15, 0.2) is 0 Å². The van der Waals surface area contributed by atoms with Crippen molar-refractivity contribution in [3.05, 3.63) is 36.5 Å². The zero-order valence-corrected chi connectivity index (χ0v) is 41.1. The van der Waals surface area contributed by atoms with Gasteiger partial charge < -0.3 is 21.1 Å². The van der Waals surface area contributed by atoms with Crippen LogP contribution in [-0.2, 0) is 18.4 Å². The summed E-state index contributed by atoms with van der Waals surface area (Å²) < 4.78 is 22.2.